The topological polar surface area (TPSA) is 38.9 Å². The SMILES string of the molecule is CCC(Sc1cnc(N)s1)c1ccccc1. The van der Waals surface area contributed by atoms with Gasteiger partial charge in [0.2, 0.25) is 0 Å². The first-order valence-electron chi connectivity index (χ1n) is 5.22. The van der Waals surface area contributed by atoms with Crippen molar-refractivity contribution in [3.8, 4) is 0 Å². The van der Waals surface area contributed by atoms with E-state index in [-0.39, 0.29) is 0 Å². The van der Waals surface area contributed by atoms with Gasteiger partial charge in [-0.3, -0.25) is 0 Å². The highest BCUT2D eigenvalue weighted by atomic mass is 32.2. The van der Waals surface area contributed by atoms with Crippen LogP contribution < -0.4 is 5.73 Å². The predicted molar refractivity (Wildman–Crippen MR) is 71.9 cm³/mol. The zero-order valence-electron chi connectivity index (χ0n) is 9.09. The van der Waals surface area contributed by atoms with Crippen LogP contribution in [-0.2, 0) is 0 Å². The van der Waals surface area contributed by atoms with Gasteiger partial charge in [0.15, 0.2) is 5.13 Å². The smallest absolute Gasteiger partial charge is 0.181 e. The van der Waals surface area contributed by atoms with Gasteiger partial charge in [-0.25, -0.2) is 4.98 Å². The van der Waals surface area contributed by atoms with Crippen LogP contribution in [0.5, 0.6) is 0 Å². The van der Waals surface area contributed by atoms with E-state index in [0.29, 0.717) is 10.4 Å². The molecule has 1 unspecified atom stereocenters. The summed E-state index contributed by atoms with van der Waals surface area (Å²) >= 11 is 3.39. The molecule has 1 heterocycles. The Kier molecular flexibility index (Phi) is 3.85. The number of nitrogen functional groups attached to an aromatic ring is 1. The van der Waals surface area contributed by atoms with Crippen LogP contribution in [0.15, 0.2) is 40.7 Å². The van der Waals surface area contributed by atoms with E-state index in [4.69, 9.17) is 5.73 Å². The Hall–Kier alpha value is -1.00. The maximum Gasteiger partial charge on any atom is 0.181 e. The Morgan fingerprint density at radius 1 is 1.38 bits per heavy atom. The molecule has 0 bridgehead atoms. The first kappa shape index (κ1) is 11.5. The van der Waals surface area contributed by atoms with Crippen LogP contribution in [0.4, 0.5) is 5.13 Å². The second-order valence-electron chi connectivity index (χ2n) is 3.44. The van der Waals surface area contributed by atoms with Gasteiger partial charge in [0.05, 0.1) is 10.4 Å². The lowest BCUT2D eigenvalue weighted by Crippen LogP contribution is -1.90. The quantitative estimate of drug-likeness (QED) is 0.834. The molecule has 0 saturated heterocycles. The summed E-state index contributed by atoms with van der Waals surface area (Å²) in [5, 5.41) is 1.13. The van der Waals surface area contributed by atoms with Crippen LogP contribution in [0.2, 0.25) is 0 Å². The Labute approximate surface area is 104 Å². The minimum absolute atomic E-state index is 0.487. The van der Waals surface area contributed by atoms with Crippen molar-refractivity contribution in [2.75, 3.05) is 5.73 Å². The molecule has 2 aromatic rings. The highest BCUT2D eigenvalue weighted by molar-refractivity contribution is 8.01. The molecular weight excluding hydrogens is 236 g/mol. The van der Waals surface area contributed by atoms with Crippen molar-refractivity contribution in [2.45, 2.75) is 22.8 Å². The first-order valence-corrected chi connectivity index (χ1v) is 6.92. The summed E-state index contributed by atoms with van der Waals surface area (Å²) in [7, 11) is 0. The van der Waals surface area contributed by atoms with Gasteiger partial charge >= 0.3 is 0 Å². The largest absolute Gasteiger partial charge is 0.375 e. The van der Waals surface area contributed by atoms with Crippen LogP contribution in [0.1, 0.15) is 24.2 Å². The lowest BCUT2D eigenvalue weighted by atomic mass is 10.1. The zero-order valence-corrected chi connectivity index (χ0v) is 10.7. The number of nitrogens with two attached hydrogens (primary N) is 1. The molecule has 1 atom stereocenters. The van der Waals surface area contributed by atoms with Crippen LogP contribution in [0, 0.1) is 0 Å². The Bertz CT molecular complexity index is 439. The summed E-state index contributed by atoms with van der Waals surface area (Å²) in [4.78, 5) is 4.07. The van der Waals surface area contributed by atoms with Crippen molar-refractivity contribution in [3.05, 3.63) is 42.1 Å². The second-order valence-corrected chi connectivity index (χ2v) is 6.01. The fourth-order valence-corrected chi connectivity index (χ4v) is 3.59. The van der Waals surface area contributed by atoms with Gasteiger partial charge in [0.1, 0.15) is 0 Å². The summed E-state index contributed by atoms with van der Waals surface area (Å²) < 4.78 is 1.19. The standard InChI is InChI=1S/C12H14N2S2/c1-2-10(9-6-4-3-5-7-9)15-11-8-14-12(13)16-11/h3-8,10H,2H2,1H3,(H2,13,14). The van der Waals surface area contributed by atoms with Gasteiger partial charge in [0.25, 0.3) is 0 Å². The molecular formula is C12H14N2S2. The molecule has 1 aromatic carbocycles. The van der Waals surface area contributed by atoms with Crippen molar-refractivity contribution in [2.24, 2.45) is 0 Å². The minimum Gasteiger partial charge on any atom is -0.375 e. The molecule has 0 radical (unpaired) electrons. The average molecular weight is 250 g/mol. The van der Waals surface area contributed by atoms with Crippen molar-refractivity contribution in [1.82, 2.24) is 4.98 Å². The van der Waals surface area contributed by atoms with E-state index in [1.807, 2.05) is 24.0 Å². The van der Waals surface area contributed by atoms with E-state index in [0.717, 1.165) is 6.42 Å². The van der Waals surface area contributed by atoms with E-state index < -0.39 is 0 Å². The molecule has 0 amide bonds. The Morgan fingerprint density at radius 2 is 2.12 bits per heavy atom. The molecule has 2 N–H and O–H groups in total. The normalized spacial score (nSPS) is 12.6. The third kappa shape index (κ3) is 2.77. The monoisotopic (exact) mass is 250 g/mol. The number of hydrogen-bond acceptors (Lipinski definition) is 4. The maximum absolute atomic E-state index is 5.63. The third-order valence-electron chi connectivity index (χ3n) is 2.30. The molecule has 0 spiro atoms. The van der Waals surface area contributed by atoms with Crippen molar-refractivity contribution in [3.63, 3.8) is 0 Å². The summed E-state index contributed by atoms with van der Waals surface area (Å²) in [5.41, 5.74) is 6.99. The molecule has 2 rings (SSSR count). The number of nitrogens with zero attached hydrogens (tertiary/aromatic N) is 1. The molecule has 0 saturated carbocycles. The summed E-state index contributed by atoms with van der Waals surface area (Å²) in [6, 6.07) is 10.6. The molecule has 1 aromatic heterocycles. The summed E-state index contributed by atoms with van der Waals surface area (Å²) in [5.74, 6) is 0. The fourth-order valence-electron chi connectivity index (χ4n) is 1.52. The van der Waals surface area contributed by atoms with Gasteiger partial charge in [0, 0.05) is 5.25 Å². The van der Waals surface area contributed by atoms with Crippen molar-refractivity contribution in [1.29, 1.82) is 0 Å². The number of thiazole rings is 1. The van der Waals surface area contributed by atoms with Crippen LogP contribution in [0.3, 0.4) is 0 Å². The molecule has 0 aliphatic rings. The van der Waals surface area contributed by atoms with E-state index in [1.54, 1.807) is 11.3 Å². The number of hydrogen-bond donors (Lipinski definition) is 1. The van der Waals surface area contributed by atoms with E-state index >= 15 is 0 Å². The minimum atomic E-state index is 0.487. The van der Waals surface area contributed by atoms with Crippen LogP contribution >= 0.6 is 23.1 Å². The second kappa shape index (κ2) is 5.37. The van der Waals surface area contributed by atoms with Crippen molar-refractivity contribution >= 4 is 28.2 Å². The first-order chi connectivity index (χ1) is 7.79. The molecule has 0 aliphatic carbocycles. The summed E-state index contributed by atoms with van der Waals surface area (Å²) in [6.07, 6.45) is 2.96. The molecule has 4 heteroatoms. The number of aromatic nitrogens is 1. The number of rotatable bonds is 4. The fraction of sp³-hybridized carbons (Fsp3) is 0.250. The highest BCUT2D eigenvalue weighted by Crippen LogP contribution is 2.40. The molecule has 84 valence electrons. The lowest BCUT2D eigenvalue weighted by Gasteiger charge is -2.13. The van der Waals surface area contributed by atoms with Crippen molar-refractivity contribution < 1.29 is 0 Å². The van der Waals surface area contributed by atoms with Gasteiger partial charge in [-0.2, -0.15) is 0 Å². The Balaban J connectivity index is 2.12. The third-order valence-corrected chi connectivity index (χ3v) is 4.69. The van der Waals surface area contributed by atoms with Gasteiger partial charge < -0.3 is 5.73 Å². The van der Waals surface area contributed by atoms with Crippen LogP contribution in [0.25, 0.3) is 0 Å². The molecule has 2 nitrogen and oxygen atoms in total. The number of benzene rings is 1. The molecule has 16 heavy (non-hydrogen) atoms. The predicted octanol–water partition coefficient (Wildman–Crippen LogP) is 3.97. The lowest BCUT2D eigenvalue weighted by molar-refractivity contribution is 0.896. The Morgan fingerprint density at radius 3 is 2.69 bits per heavy atom. The molecule has 0 aliphatic heterocycles. The van der Waals surface area contributed by atoms with E-state index in [1.165, 1.54) is 9.77 Å². The maximum atomic E-state index is 5.63. The highest BCUT2D eigenvalue weighted by Gasteiger charge is 2.12. The summed E-state index contributed by atoms with van der Waals surface area (Å²) in [6.45, 7) is 2.20. The van der Waals surface area contributed by atoms with E-state index in [2.05, 4.69) is 36.2 Å². The number of thioether (sulfide) groups is 1. The van der Waals surface area contributed by atoms with E-state index in [9.17, 15) is 0 Å². The van der Waals surface area contributed by atoms with Crippen LogP contribution in [-0.4, -0.2) is 4.98 Å². The molecule has 0 fully saturated rings. The number of anilines is 1. The average Bonchev–Trinajstić information content (AvgIpc) is 2.73. The van der Waals surface area contributed by atoms with Gasteiger partial charge in [-0.15, -0.1) is 11.8 Å². The van der Waals surface area contributed by atoms with Gasteiger partial charge in [-0.05, 0) is 12.0 Å². The zero-order chi connectivity index (χ0) is 11.4. The van der Waals surface area contributed by atoms with Gasteiger partial charge in [-0.1, -0.05) is 48.6 Å².